The largest absolute Gasteiger partial charge is 0.355 e. The lowest BCUT2D eigenvalue weighted by Crippen LogP contribution is -2.47. The van der Waals surface area contributed by atoms with Crippen molar-refractivity contribution in [2.75, 3.05) is 32.2 Å². The van der Waals surface area contributed by atoms with E-state index in [0.717, 1.165) is 51.0 Å². The zero-order chi connectivity index (χ0) is 24.2. The van der Waals surface area contributed by atoms with Gasteiger partial charge in [-0.05, 0) is 97.9 Å². The minimum absolute atomic E-state index is 0.822. The molecule has 1 aliphatic rings. The summed E-state index contributed by atoms with van der Waals surface area (Å²) in [4.78, 5) is 4.39. The van der Waals surface area contributed by atoms with Crippen molar-refractivity contribution in [1.82, 2.24) is 0 Å². The number of hydrogen-bond acceptors (Lipinski definition) is 4. The quantitative estimate of drug-likeness (QED) is 0.263. The third-order valence-electron chi connectivity index (χ3n) is 6.11. The molecule has 2 N–H and O–H groups in total. The molecule has 6 heteroatoms. The Balaban J connectivity index is 1.28. The lowest BCUT2D eigenvalue weighted by molar-refractivity contribution is 1.11. The van der Waals surface area contributed by atoms with Crippen molar-refractivity contribution in [3.05, 3.63) is 108 Å². The molecular formula is C29H28N4S2. The Bertz CT molecular complexity index is 1220. The zero-order valence-corrected chi connectivity index (χ0v) is 21.5. The van der Waals surface area contributed by atoms with E-state index in [1.807, 2.05) is 23.9 Å². The minimum atomic E-state index is 0.822. The van der Waals surface area contributed by atoms with Gasteiger partial charge >= 0.3 is 0 Å². The summed E-state index contributed by atoms with van der Waals surface area (Å²) in [6.07, 6.45) is 0. The van der Waals surface area contributed by atoms with Crippen LogP contribution in [0.15, 0.2) is 97.1 Å². The molecule has 1 heterocycles. The highest BCUT2D eigenvalue weighted by Crippen LogP contribution is 2.31. The second kappa shape index (κ2) is 10.4. The van der Waals surface area contributed by atoms with E-state index < -0.39 is 0 Å². The van der Waals surface area contributed by atoms with Gasteiger partial charge in [-0.3, -0.25) is 0 Å². The van der Waals surface area contributed by atoms with Crippen molar-refractivity contribution in [3.63, 3.8) is 0 Å². The predicted molar refractivity (Wildman–Crippen MR) is 157 cm³/mol. The van der Waals surface area contributed by atoms with Crippen molar-refractivity contribution in [2.24, 2.45) is 0 Å². The van der Waals surface area contributed by atoms with Gasteiger partial charge in [-0.25, -0.2) is 0 Å². The van der Waals surface area contributed by atoms with Crippen LogP contribution >= 0.6 is 24.0 Å². The molecule has 0 spiro atoms. The molecule has 1 fully saturated rings. The van der Waals surface area contributed by atoms with Crippen LogP contribution in [0.1, 0.15) is 11.1 Å². The molecule has 35 heavy (non-hydrogen) atoms. The summed E-state index contributed by atoms with van der Waals surface area (Å²) in [5, 5.41) is 7.82. The number of hydrogen-bond donors (Lipinski definition) is 2. The minimum Gasteiger partial charge on any atom is -0.355 e. The third-order valence-corrected chi connectivity index (χ3v) is 7.43. The van der Waals surface area contributed by atoms with Gasteiger partial charge in [0, 0.05) is 34.1 Å². The molecule has 4 aromatic carbocycles. The SMILES string of the molecule is Cc1ccccc1Nc1ccc(N2CSCN(c3ccc(Nc4ccccc4C)cc3)C2=S)cc1. The van der Waals surface area contributed by atoms with Crippen LogP contribution in [0.25, 0.3) is 0 Å². The maximum Gasteiger partial charge on any atom is 0.182 e. The number of para-hydroxylation sites is 2. The van der Waals surface area contributed by atoms with Gasteiger partial charge in [0.25, 0.3) is 0 Å². The van der Waals surface area contributed by atoms with Gasteiger partial charge in [0.05, 0.1) is 11.8 Å². The lowest BCUT2D eigenvalue weighted by atomic mass is 10.2. The van der Waals surface area contributed by atoms with E-state index in [4.69, 9.17) is 12.2 Å². The van der Waals surface area contributed by atoms with Gasteiger partial charge in [0.15, 0.2) is 5.11 Å². The molecular weight excluding hydrogens is 468 g/mol. The first-order valence-corrected chi connectivity index (χ1v) is 13.2. The average Bonchev–Trinajstić information content (AvgIpc) is 2.88. The Morgan fingerprint density at radius 3 is 1.40 bits per heavy atom. The number of rotatable bonds is 6. The molecule has 1 aliphatic heterocycles. The van der Waals surface area contributed by atoms with Crippen LogP contribution in [0, 0.1) is 13.8 Å². The maximum atomic E-state index is 5.93. The maximum absolute atomic E-state index is 5.93. The van der Waals surface area contributed by atoms with E-state index in [-0.39, 0.29) is 0 Å². The molecule has 0 unspecified atom stereocenters. The zero-order valence-electron chi connectivity index (χ0n) is 19.9. The van der Waals surface area contributed by atoms with Crippen LogP contribution in [0.4, 0.5) is 34.1 Å². The van der Waals surface area contributed by atoms with Crippen LogP contribution in [-0.2, 0) is 0 Å². The molecule has 0 amide bonds. The van der Waals surface area contributed by atoms with Crippen molar-refractivity contribution in [2.45, 2.75) is 13.8 Å². The van der Waals surface area contributed by atoms with E-state index in [2.05, 4.69) is 119 Å². The fourth-order valence-electron chi connectivity index (χ4n) is 4.04. The van der Waals surface area contributed by atoms with Crippen LogP contribution < -0.4 is 20.4 Å². The normalized spacial score (nSPS) is 13.6. The smallest absolute Gasteiger partial charge is 0.182 e. The molecule has 5 rings (SSSR count). The molecule has 1 saturated heterocycles. The van der Waals surface area contributed by atoms with Crippen molar-refractivity contribution >= 4 is 63.2 Å². The highest BCUT2D eigenvalue weighted by Gasteiger charge is 2.25. The predicted octanol–water partition coefficient (Wildman–Crippen LogP) is 8.05. The van der Waals surface area contributed by atoms with Crippen LogP contribution in [0.5, 0.6) is 0 Å². The number of nitrogens with zero attached hydrogens (tertiary/aromatic N) is 2. The highest BCUT2D eigenvalue weighted by molar-refractivity contribution is 7.99. The summed E-state index contributed by atoms with van der Waals surface area (Å²) >= 11 is 7.78. The van der Waals surface area contributed by atoms with Crippen LogP contribution in [0.3, 0.4) is 0 Å². The first-order chi connectivity index (χ1) is 17.1. The molecule has 0 atom stereocenters. The first kappa shape index (κ1) is 23.3. The van der Waals surface area contributed by atoms with Crippen molar-refractivity contribution in [1.29, 1.82) is 0 Å². The molecule has 4 aromatic rings. The summed E-state index contributed by atoms with van der Waals surface area (Å²) in [5.74, 6) is 1.68. The van der Waals surface area contributed by atoms with E-state index in [0.29, 0.717) is 0 Å². The van der Waals surface area contributed by atoms with E-state index >= 15 is 0 Å². The molecule has 0 aliphatic carbocycles. The fourth-order valence-corrected chi connectivity index (χ4v) is 5.53. The Morgan fingerprint density at radius 2 is 1.00 bits per heavy atom. The van der Waals surface area contributed by atoms with Gasteiger partial charge in [0.2, 0.25) is 0 Å². The summed E-state index contributed by atoms with van der Waals surface area (Å²) in [7, 11) is 0. The lowest BCUT2D eigenvalue weighted by Gasteiger charge is -2.38. The second-order valence-electron chi connectivity index (χ2n) is 8.57. The third kappa shape index (κ3) is 5.29. The summed E-state index contributed by atoms with van der Waals surface area (Å²) in [6.45, 7) is 4.22. The Morgan fingerprint density at radius 1 is 0.600 bits per heavy atom. The number of anilines is 6. The van der Waals surface area contributed by atoms with Gasteiger partial charge in [-0.1, -0.05) is 36.4 Å². The molecule has 176 valence electrons. The number of thioether (sulfide) groups is 1. The van der Waals surface area contributed by atoms with Gasteiger partial charge in [-0.15, -0.1) is 11.8 Å². The Hall–Kier alpha value is -3.48. The van der Waals surface area contributed by atoms with Crippen LogP contribution in [0.2, 0.25) is 0 Å². The standard InChI is InChI=1S/C29H28N4S2/c1-21-7-3-5-9-27(21)30-23-11-15-25(16-12-23)32-19-35-20-33(29(32)34)26-17-13-24(14-18-26)31-28-10-6-4-8-22(28)2/h3-18,30-31H,19-20H2,1-2H3. The van der Waals surface area contributed by atoms with E-state index in [1.54, 1.807) is 0 Å². The average molecular weight is 497 g/mol. The van der Waals surface area contributed by atoms with Gasteiger partial charge in [-0.2, -0.15) is 0 Å². The Kier molecular flexibility index (Phi) is 6.93. The first-order valence-electron chi connectivity index (χ1n) is 11.6. The van der Waals surface area contributed by atoms with E-state index in [9.17, 15) is 0 Å². The fraction of sp³-hybridized carbons (Fsp3) is 0.138. The van der Waals surface area contributed by atoms with Crippen molar-refractivity contribution in [3.8, 4) is 0 Å². The van der Waals surface area contributed by atoms with Gasteiger partial charge < -0.3 is 20.4 Å². The van der Waals surface area contributed by atoms with E-state index in [1.165, 1.54) is 11.1 Å². The Labute approximate surface area is 217 Å². The van der Waals surface area contributed by atoms with Crippen LogP contribution in [-0.4, -0.2) is 16.9 Å². The monoisotopic (exact) mass is 496 g/mol. The summed E-state index contributed by atoms with van der Waals surface area (Å²) in [5.41, 5.74) is 9.01. The molecule has 0 radical (unpaired) electrons. The highest BCUT2D eigenvalue weighted by atomic mass is 32.2. The molecule has 0 saturated carbocycles. The number of thiocarbonyl (C=S) groups is 1. The summed E-state index contributed by atoms with van der Waals surface area (Å²) < 4.78 is 0. The molecule has 4 nitrogen and oxygen atoms in total. The number of nitrogens with one attached hydrogen (secondary N) is 2. The number of benzene rings is 4. The van der Waals surface area contributed by atoms with Gasteiger partial charge in [0.1, 0.15) is 0 Å². The number of aryl methyl sites for hydroxylation is 2. The second-order valence-corrected chi connectivity index (χ2v) is 9.86. The summed E-state index contributed by atoms with van der Waals surface area (Å²) in [6, 6.07) is 33.6. The van der Waals surface area contributed by atoms with Crippen molar-refractivity contribution < 1.29 is 0 Å². The molecule has 0 bridgehead atoms. The molecule has 0 aromatic heterocycles. The topological polar surface area (TPSA) is 30.5 Å².